The molecule has 0 saturated carbocycles. The normalized spacial score (nSPS) is 18.6. The number of aromatic nitrogens is 2. The summed E-state index contributed by atoms with van der Waals surface area (Å²) in [7, 11) is 1.97. The van der Waals surface area contributed by atoms with Gasteiger partial charge in [0.15, 0.2) is 0 Å². The van der Waals surface area contributed by atoms with Crippen LogP contribution in [0.2, 0.25) is 0 Å². The van der Waals surface area contributed by atoms with Gasteiger partial charge in [0.2, 0.25) is 5.91 Å². The van der Waals surface area contributed by atoms with Crippen LogP contribution in [-0.2, 0) is 18.3 Å². The van der Waals surface area contributed by atoms with Gasteiger partial charge in [0.25, 0.3) is 0 Å². The fourth-order valence-corrected chi connectivity index (χ4v) is 2.34. The summed E-state index contributed by atoms with van der Waals surface area (Å²) >= 11 is 0. The fraction of sp³-hybridized carbons (Fsp3) is 0.692. The molecule has 1 aliphatic heterocycles. The highest BCUT2D eigenvalue weighted by molar-refractivity contribution is 5.82. The molecule has 1 saturated heterocycles. The van der Waals surface area contributed by atoms with Gasteiger partial charge < -0.3 is 15.2 Å². The monoisotopic (exact) mass is 250 g/mol. The number of nitrogens with one attached hydrogen (secondary N) is 2. The van der Waals surface area contributed by atoms with Gasteiger partial charge in [-0.1, -0.05) is 6.92 Å². The van der Waals surface area contributed by atoms with Crippen molar-refractivity contribution < 1.29 is 4.79 Å². The largest absolute Gasteiger partial charge is 0.355 e. The molecule has 5 nitrogen and oxygen atoms in total. The van der Waals surface area contributed by atoms with E-state index in [1.54, 1.807) is 6.20 Å². The van der Waals surface area contributed by atoms with Gasteiger partial charge in [-0.15, -0.1) is 0 Å². The zero-order valence-electron chi connectivity index (χ0n) is 11.2. The smallest absolute Gasteiger partial charge is 0.226 e. The second-order valence-electron chi connectivity index (χ2n) is 5.27. The molecule has 1 aromatic heterocycles. The average molecular weight is 250 g/mol. The van der Waals surface area contributed by atoms with E-state index in [1.807, 2.05) is 17.8 Å². The van der Waals surface area contributed by atoms with Crippen LogP contribution in [0.5, 0.6) is 0 Å². The first kappa shape index (κ1) is 13.1. The van der Waals surface area contributed by atoms with Crippen molar-refractivity contribution >= 4 is 5.91 Å². The van der Waals surface area contributed by atoms with Gasteiger partial charge in [-0.3, -0.25) is 4.79 Å². The van der Waals surface area contributed by atoms with Crippen molar-refractivity contribution in [2.45, 2.75) is 26.2 Å². The highest BCUT2D eigenvalue weighted by Gasteiger charge is 2.34. The van der Waals surface area contributed by atoms with Gasteiger partial charge in [0, 0.05) is 37.8 Å². The van der Waals surface area contributed by atoms with Crippen LogP contribution in [0.1, 0.15) is 25.6 Å². The molecule has 2 N–H and O–H groups in total. The maximum Gasteiger partial charge on any atom is 0.226 e. The van der Waals surface area contributed by atoms with Crippen LogP contribution >= 0.6 is 0 Å². The number of piperidine rings is 1. The van der Waals surface area contributed by atoms with Gasteiger partial charge in [0.1, 0.15) is 5.82 Å². The summed E-state index contributed by atoms with van der Waals surface area (Å²) in [5.41, 5.74) is -0.202. The maximum atomic E-state index is 12.2. The highest BCUT2D eigenvalue weighted by atomic mass is 16.2. The van der Waals surface area contributed by atoms with Crippen molar-refractivity contribution in [2.75, 3.05) is 19.6 Å². The molecule has 1 amide bonds. The topological polar surface area (TPSA) is 59.0 Å². The van der Waals surface area contributed by atoms with Crippen LogP contribution in [0.3, 0.4) is 0 Å². The van der Waals surface area contributed by atoms with Crippen molar-refractivity contribution in [2.24, 2.45) is 12.5 Å². The molecular formula is C13H22N4O. The second kappa shape index (κ2) is 5.52. The Morgan fingerprint density at radius 2 is 2.28 bits per heavy atom. The second-order valence-corrected chi connectivity index (χ2v) is 5.27. The van der Waals surface area contributed by atoms with Crippen molar-refractivity contribution in [1.29, 1.82) is 0 Å². The molecule has 0 spiro atoms. The number of hydrogen-bond acceptors (Lipinski definition) is 3. The highest BCUT2D eigenvalue weighted by Crippen LogP contribution is 2.27. The van der Waals surface area contributed by atoms with Crippen LogP contribution in [0.4, 0.5) is 0 Å². The third-order valence-electron chi connectivity index (χ3n) is 3.81. The Labute approximate surface area is 108 Å². The molecule has 0 unspecified atom stereocenters. The standard InChI is InChI=1S/C13H22N4O/c1-13(4-7-14-8-5-13)12(18)16-6-3-11-15-9-10-17(11)2/h9-10,14H,3-8H2,1-2H3,(H,16,18). The van der Waals surface area contributed by atoms with Crippen molar-refractivity contribution in [1.82, 2.24) is 20.2 Å². The Balaban J connectivity index is 1.79. The molecule has 5 heteroatoms. The maximum absolute atomic E-state index is 12.2. The Morgan fingerprint density at radius 3 is 2.89 bits per heavy atom. The van der Waals surface area contributed by atoms with E-state index in [2.05, 4.69) is 22.5 Å². The minimum absolute atomic E-state index is 0.179. The Hall–Kier alpha value is -1.36. The molecule has 1 fully saturated rings. The summed E-state index contributed by atoms with van der Waals surface area (Å²) in [6.45, 7) is 4.59. The lowest BCUT2D eigenvalue weighted by Gasteiger charge is -2.32. The molecule has 1 aromatic rings. The molecule has 0 aliphatic carbocycles. The van der Waals surface area contributed by atoms with Crippen LogP contribution in [0, 0.1) is 5.41 Å². The van der Waals surface area contributed by atoms with Crippen molar-refractivity contribution in [3.05, 3.63) is 18.2 Å². The zero-order valence-corrected chi connectivity index (χ0v) is 11.2. The van der Waals surface area contributed by atoms with Crippen LogP contribution in [0.25, 0.3) is 0 Å². The lowest BCUT2D eigenvalue weighted by Crippen LogP contribution is -2.46. The molecule has 0 bridgehead atoms. The third kappa shape index (κ3) is 2.90. The number of imidazole rings is 1. The predicted octanol–water partition coefficient (Wildman–Crippen LogP) is 0.469. The van der Waals surface area contributed by atoms with Crippen LogP contribution in [0.15, 0.2) is 12.4 Å². The SMILES string of the molecule is Cn1ccnc1CCNC(=O)C1(C)CCNCC1. The fourth-order valence-electron chi connectivity index (χ4n) is 2.34. The van der Waals surface area contributed by atoms with Gasteiger partial charge >= 0.3 is 0 Å². The summed E-state index contributed by atoms with van der Waals surface area (Å²) in [5, 5.41) is 6.33. The number of carbonyl (C=O) groups excluding carboxylic acids is 1. The molecule has 0 aromatic carbocycles. The first-order chi connectivity index (χ1) is 8.62. The number of carbonyl (C=O) groups is 1. The van der Waals surface area contributed by atoms with Crippen LogP contribution in [-0.4, -0.2) is 35.1 Å². The quantitative estimate of drug-likeness (QED) is 0.816. The molecule has 2 rings (SSSR count). The molecule has 0 radical (unpaired) electrons. The van der Waals surface area contributed by atoms with E-state index in [0.717, 1.165) is 38.2 Å². The van der Waals surface area contributed by atoms with E-state index >= 15 is 0 Å². The average Bonchev–Trinajstić information content (AvgIpc) is 2.76. The Morgan fingerprint density at radius 1 is 1.56 bits per heavy atom. The molecule has 2 heterocycles. The minimum atomic E-state index is -0.202. The van der Waals surface area contributed by atoms with E-state index < -0.39 is 0 Å². The van der Waals surface area contributed by atoms with Crippen LogP contribution < -0.4 is 10.6 Å². The van der Waals surface area contributed by atoms with Crippen molar-refractivity contribution in [3.63, 3.8) is 0 Å². The number of rotatable bonds is 4. The number of hydrogen-bond donors (Lipinski definition) is 2. The minimum Gasteiger partial charge on any atom is -0.355 e. The molecule has 100 valence electrons. The molecule has 18 heavy (non-hydrogen) atoms. The first-order valence-electron chi connectivity index (χ1n) is 6.57. The summed E-state index contributed by atoms with van der Waals surface area (Å²) in [5.74, 6) is 1.18. The van der Waals surface area contributed by atoms with Gasteiger partial charge in [-0.2, -0.15) is 0 Å². The lowest BCUT2D eigenvalue weighted by atomic mass is 9.80. The van der Waals surface area contributed by atoms with E-state index in [1.165, 1.54) is 0 Å². The van der Waals surface area contributed by atoms with Crippen molar-refractivity contribution in [3.8, 4) is 0 Å². The molecule has 0 atom stereocenters. The summed E-state index contributed by atoms with van der Waals surface area (Å²) in [6.07, 6.45) is 6.32. The van der Waals surface area contributed by atoms with Gasteiger partial charge in [-0.25, -0.2) is 4.98 Å². The summed E-state index contributed by atoms with van der Waals surface area (Å²) in [4.78, 5) is 16.4. The van der Waals surface area contributed by atoms with Gasteiger partial charge in [0.05, 0.1) is 0 Å². The Bertz CT molecular complexity index is 407. The number of nitrogens with zero attached hydrogens (tertiary/aromatic N) is 2. The lowest BCUT2D eigenvalue weighted by molar-refractivity contribution is -0.131. The molecular weight excluding hydrogens is 228 g/mol. The Kier molecular flexibility index (Phi) is 4.01. The van der Waals surface area contributed by atoms with E-state index in [-0.39, 0.29) is 11.3 Å². The number of aryl methyl sites for hydroxylation is 1. The number of amides is 1. The summed E-state index contributed by atoms with van der Waals surface area (Å²) < 4.78 is 1.98. The van der Waals surface area contributed by atoms with E-state index in [9.17, 15) is 4.79 Å². The molecule has 1 aliphatic rings. The van der Waals surface area contributed by atoms with Gasteiger partial charge in [-0.05, 0) is 25.9 Å². The van der Waals surface area contributed by atoms with E-state index in [0.29, 0.717) is 6.54 Å². The van der Waals surface area contributed by atoms with E-state index in [4.69, 9.17) is 0 Å². The predicted molar refractivity (Wildman–Crippen MR) is 70.1 cm³/mol. The third-order valence-corrected chi connectivity index (χ3v) is 3.81. The first-order valence-corrected chi connectivity index (χ1v) is 6.57. The zero-order chi connectivity index (χ0) is 13.0. The summed E-state index contributed by atoms with van der Waals surface area (Å²) in [6, 6.07) is 0.